The van der Waals surface area contributed by atoms with Crippen LogP contribution in [-0.2, 0) is 11.3 Å². The van der Waals surface area contributed by atoms with Gasteiger partial charge in [-0.05, 0) is 12.1 Å². The number of rotatable bonds is 6. The van der Waals surface area contributed by atoms with Crippen molar-refractivity contribution in [2.24, 2.45) is 0 Å². The zero-order valence-electron chi connectivity index (χ0n) is 11.6. The molecule has 0 saturated carbocycles. The molecule has 0 bridgehead atoms. The van der Waals surface area contributed by atoms with Crippen molar-refractivity contribution in [2.75, 3.05) is 19.7 Å². The molecule has 2 rings (SSSR count). The van der Waals surface area contributed by atoms with Gasteiger partial charge in [-0.3, -0.25) is 14.3 Å². The number of carbonyl (C=O) groups is 1. The largest absolute Gasteiger partial charge is 0.395 e. The zero-order chi connectivity index (χ0) is 15.2. The van der Waals surface area contributed by atoms with Crippen LogP contribution >= 0.6 is 0 Å². The van der Waals surface area contributed by atoms with Gasteiger partial charge in [-0.15, -0.1) is 6.58 Å². The second-order valence-electron chi connectivity index (χ2n) is 4.54. The van der Waals surface area contributed by atoms with Crippen molar-refractivity contribution in [3.8, 4) is 0 Å². The maximum atomic E-state index is 12.2. The van der Waals surface area contributed by atoms with Crippen LogP contribution in [0.5, 0.6) is 0 Å². The number of fused-ring (bicyclic) bond motifs is 1. The summed E-state index contributed by atoms with van der Waals surface area (Å²) in [7, 11) is 0. The van der Waals surface area contributed by atoms with Crippen molar-refractivity contribution in [1.29, 1.82) is 0 Å². The van der Waals surface area contributed by atoms with E-state index >= 15 is 0 Å². The number of nitrogens with zero attached hydrogens (tertiary/aromatic N) is 3. The summed E-state index contributed by atoms with van der Waals surface area (Å²) >= 11 is 0. The number of aliphatic hydroxyl groups excluding tert-OH is 1. The molecule has 1 aromatic carbocycles. The molecule has 6 nitrogen and oxygen atoms in total. The highest BCUT2D eigenvalue weighted by atomic mass is 16.3. The number of aromatic nitrogens is 2. The molecule has 0 aliphatic rings. The predicted molar refractivity (Wildman–Crippen MR) is 79.9 cm³/mol. The van der Waals surface area contributed by atoms with Crippen LogP contribution in [0.4, 0.5) is 0 Å². The van der Waals surface area contributed by atoms with E-state index in [2.05, 4.69) is 11.7 Å². The summed E-state index contributed by atoms with van der Waals surface area (Å²) in [6.07, 6.45) is 2.81. The lowest BCUT2D eigenvalue weighted by atomic mass is 10.2. The number of aliphatic hydroxyl groups is 1. The zero-order valence-corrected chi connectivity index (χ0v) is 11.6. The van der Waals surface area contributed by atoms with Gasteiger partial charge in [-0.2, -0.15) is 5.10 Å². The van der Waals surface area contributed by atoms with E-state index < -0.39 is 0 Å². The van der Waals surface area contributed by atoms with Gasteiger partial charge in [0.2, 0.25) is 11.3 Å². The number of benzene rings is 1. The third-order valence-corrected chi connectivity index (χ3v) is 3.12. The minimum atomic E-state index is -0.190. The summed E-state index contributed by atoms with van der Waals surface area (Å²) < 4.78 is 1.49. The first-order chi connectivity index (χ1) is 10.2. The fraction of sp³-hybridized carbons (Fsp3) is 0.267. The Bertz CT molecular complexity index is 709. The first-order valence-corrected chi connectivity index (χ1v) is 6.61. The van der Waals surface area contributed by atoms with E-state index in [1.165, 1.54) is 15.8 Å². The molecule has 2 aromatic rings. The van der Waals surface area contributed by atoms with Gasteiger partial charge in [0.25, 0.3) is 0 Å². The van der Waals surface area contributed by atoms with E-state index in [1.807, 2.05) is 0 Å². The van der Waals surface area contributed by atoms with E-state index in [4.69, 9.17) is 5.11 Å². The summed E-state index contributed by atoms with van der Waals surface area (Å²) in [4.78, 5) is 25.5. The van der Waals surface area contributed by atoms with E-state index in [1.54, 1.807) is 30.3 Å². The van der Waals surface area contributed by atoms with Gasteiger partial charge in [-0.25, -0.2) is 0 Å². The third-order valence-electron chi connectivity index (χ3n) is 3.12. The highest BCUT2D eigenvalue weighted by Gasteiger charge is 2.14. The molecule has 110 valence electrons. The molecule has 1 aromatic heterocycles. The normalized spacial score (nSPS) is 10.5. The second-order valence-corrected chi connectivity index (χ2v) is 4.54. The molecule has 0 aliphatic heterocycles. The number of carbonyl (C=O) groups excluding carboxylic acids is 1. The molecule has 0 atom stereocenters. The molecule has 1 heterocycles. The Morgan fingerprint density at radius 2 is 2.19 bits per heavy atom. The molecule has 0 aliphatic carbocycles. The quantitative estimate of drug-likeness (QED) is 0.781. The Labute approximate surface area is 121 Å². The smallest absolute Gasteiger partial charge is 0.244 e. The van der Waals surface area contributed by atoms with E-state index in [-0.39, 0.29) is 31.0 Å². The lowest BCUT2D eigenvalue weighted by Crippen LogP contribution is -2.36. The average Bonchev–Trinajstić information content (AvgIpc) is 2.50. The van der Waals surface area contributed by atoms with Crippen LogP contribution in [0.25, 0.3) is 10.9 Å². The molecular formula is C15H17N3O3. The second kappa shape index (κ2) is 6.81. The molecule has 0 spiro atoms. The lowest BCUT2D eigenvalue weighted by molar-refractivity contribution is -0.131. The number of amides is 1. The van der Waals surface area contributed by atoms with E-state index in [9.17, 15) is 9.59 Å². The minimum Gasteiger partial charge on any atom is -0.395 e. The molecule has 1 N–H and O–H groups in total. The molecular weight excluding hydrogens is 270 g/mol. The van der Waals surface area contributed by atoms with Gasteiger partial charge in [0, 0.05) is 18.5 Å². The highest BCUT2D eigenvalue weighted by Crippen LogP contribution is 2.08. The molecule has 21 heavy (non-hydrogen) atoms. The maximum absolute atomic E-state index is 12.2. The molecule has 0 radical (unpaired) electrons. The summed E-state index contributed by atoms with van der Waals surface area (Å²) in [5.74, 6) is -0.190. The van der Waals surface area contributed by atoms with Crippen LogP contribution in [0.3, 0.4) is 0 Å². The standard InChI is InChI=1S/C15H17N3O3/c1-2-7-17(8-9-19)15(21)11-18-13-6-4-3-5-12(13)14(20)10-16-18/h2-6,10,19H,1,7-9,11H2. The van der Waals surface area contributed by atoms with Crippen molar-refractivity contribution in [1.82, 2.24) is 14.7 Å². The Morgan fingerprint density at radius 3 is 2.90 bits per heavy atom. The minimum absolute atomic E-state index is 0.00856. The first-order valence-electron chi connectivity index (χ1n) is 6.61. The van der Waals surface area contributed by atoms with Crippen molar-refractivity contribution < 1.29 is 9.90 Å². The van der Waals surface area contributed by atoms with Crippen LogP contribution in [0, 0.1) is 0 Å². The number of para-hydroxylation sites is 1. The van der Waals surface area contributed by atoms with Gasteiger partial charge in [-0.1, -0.05) is 18.2 Å². The monoisotopic (exact) mass is 287 g/mol. The van der Waals surface area contributed by atoms with Crippen LogP contribution in [0.1, 0.15) is 0 Å². The molecule has 0 unspecified atom stereocenters. The fourth-order valence-electron chi connectivity index (χ4n) is 2.11. The van der Waals surface area contributed by atoms with E-state index in [0.717, 1.165) is 0 Å². The maximum Gasteiger partial charge on any atom is 0.244 e. The van der Waals surface area contributed by atoms with Crippen molar-refractivity contribution >= 4 is 16.8 Å². The van der Waals surface area contributed by atoms with Crippen LogP contribution in [-0.4, -0.2) is 45.4 Å². The summed E-state index contributed by atoms with van der Waals surface area (Å²) in [5.41, 5.74) is 0.438. The van der Waals surface area contributed by atoms with Crippen LogP contribution in [0.2, 0.25) is 0 Å². The SMILES string of the molecule is C=CCN(CCO)C(=O)Cn1ncc(=O)c2ccccc21. The van der Waals surface area contributed by atoms with Gasteiger partial charge >= 0.3 is 0 Å². The molecule has 0 fully saturated rings. The Balaban J connectivity index is 2.31. The van der Waals surface area contributed by atoms with Crippen molar-refractivity contribution in [3.05, 3.63) is 53.3 Å². The average molecular weight is 287 g/mol. The first kappa shape index (κ1) is 14.9. The van der Waals surface area contributed by atoms with E-state index in [0.29, 0.717) is 17.4 Å². The van der Waals surface area contributed by atoms with Gasteiger partial charge in [0.1, 0.15) is 6.54 Å². The van der Waals surface area contributed by atoms with Gasteiger partial charge < -0.3 is 10.0 Å². The summed E-state index contributed by atoms with van der Waals surface area (Å²) in [5, 5.41) is 13.5. The topological polar surface area (TPSA) is 75.4 Å². The van der Waals surface area contributed by atoms with Crippen LogP contribution in [0.15, 0.2) is 47.9 Å². The highest BCUT2D eigenvalue weighted by molar-refractivity contribution is 5.81. The molecule has 0 saturated heterocycles. The predicted octanol–water partition coefficient (Wildman–Crippen LogP) is 0.403. The van der Waals surface area contributed by atoms with Gasteiger partial charge in [0.15, 0.2) is 0 Å². The lowest BCUT2D eigenvalue weighted by Gasteiger charge is -2.20. The Morgan fingerprint density at radius 1 is 1.43 bits per heavy atom. The van der Waals surface area contributed by atoms with Crippen LogP contribution < -0.4 is 5.43 Å². The van der Waals surface area contributed by atoms with Crippen molar-refractivity contribution in [2.45, 2.75) is 6.54 Å². The molecule has 1 amide bonds. The summed E-state index contributed by atoms with van der Waals surface area (Å²) in [6, 6.07) is 7.02. The Hall–Kier alpha value is -2.47. The van der Waals surface area contributed by atoms with Gasteiger partial charge in [0.05, 0.1) is 18.3 Å². The fourth-order valence-corrected chi connectivity index (χ4v) is 2.11. The molecule has 6 heteroatoms. The number of hydrogen-bond acceptors (Lipinski definition) is 4. The van der Waals surface area contributed by atoms with Crippen molar-refractivity contribution in [3.63, 3.8) is 0 Å². The third kappa shape index (κ3) is 3.35. The summed E-state index contributed by atoms with van der Waals surface area (Å²) in [6.45, 7) is 4.09. The Kier molecular flexibility index (Phi) is 4.84. The number of hydrogen-bond donors (Lipinski definition) is 1.